The maximum Gasteiger partial charge on any atom is 0.414 e. The first-order valence-electron chi connectivity index (χ1n) is 5.88. The Morgan fingerprint density at radius 1 is 1.15 bits per heavy atom. The number of nitrogens with zero attached hydrogens (tertiary/aromatic N) is 2. The highest BCUT2D eigenvalue weighted by molar-refractivity contribution is 6.27. The molecule has 8 heteroatoms. The topological polar surface area (TPSA) is 111 Å². The second-order valence-corrected chi connectivity index (χ2v) is 4.19. The van der Waals surface area contributed by atoms with Gasteiger partial charge in [0.15, 0.2) is 17.9 Å². The van der Waals surface area contributed by atoms with Gasteiger partial charge in [0.25, 0.3) is 0 Å². The molecule has 2 heterocycles. The number of rotatable bonds is 2. The number of hydrogen-bond donors (Lipinski definition) is 2. The zero-order valence-electron chi connectivity index (χ0n) is 11.0. The monoisotopic (exact) mass is 284 g/mol. The predicted octanol–water partition coefficient (Wildman–Crippen LogP) is -0.000500. The molecule has 0 amide bonds. The smallest absolute Gasteiger partial charge is 0.414 e. The molecule has 1 aromatic heterocycles. The van der Waals surface area contributed by atoms with Crippen LogP contribution in [0.5, 0.6) is 0 Å². The van der Waals surface area contributed by atoms with Crippen LogP contribution in [0.25, 0.3) is 0 Å². The molecule has 2 N–H and O–H groups in total. The van der Waals surface area contributed by atoms with E-state index in [2.05, 4.69) is 16.8 Å². The molecule has 1 aliphatic heterocycles. The first kappa shape index (κ1) is 15.7. The van der Waals surface area contributed by atoms with E-state index < -0.39 is 11.9 Å². The molecule has 0 atom stereocenters. The lowest BCUT2D eigenvalue weighted by Crippen LogP contribution is -2.44. The van der Waals surface area contributed by atoms with Crippen molar-refractivity contribution in [3.8, 4) is 0 Å². The normalized spacial score (nSPS) is 15.2. The third kappa shape index (κ3) is 4.73. The molecule has 0 radical (unpaired) electrons. The molecule has 1 aromatic rings. The van der Waals surface area contributed by atoms with E-state index in [4.69, 9.17) is 24.2 Å². The van der Waals surface area contributed by atoms with Gasteiger partial charge in [0, 0.05) is 32.2 Å². The molecule has 1 fully saturated rings. The molecule has 0 bridgehead atoms. The van der Waals surface area contributed by atoms with Gasteiger partial charge in [-0.3, -0.25) is 4.79 Å². The Morgan fingerprint density at radius 3 is 2.10 bits per heavy atom. The van der Waals surface area contributed by atoms with E-state index in [-0.39, 0.29) is 0 Å². The lowest BCUT2D eigenvalue weighted by Gasteiger charge is -2.32. The van der Waals surface area contributed by atoms with Crippen LogP contribution < -0.4 is 4.90 Å². The van der Waals surface area contributed by atoms with Crippen LogP contribution in [0.3, 0.4) is 0 Å². The number of carbonyl (C=O) groups is 3. The molecule has 0 unspecified atom stereocenters. The summed E-state index contributed by atoms with van der Waals surface area (Å²) in [4.78, 5) is 33.1. The number of anilines is 1. The summed E-state index contributed by atoms with van der Waals surface area (Å²) in [6.07, 6.45) is 0.736. The maximum absolute atomic E-state index is 10.4. The highest BCUT2D eigenvalue weighted by Crippen LogP contribution is 2.18. The van der Waals surface area contributed by atoms with Crippen molar-refractivity contribution in [2.45, 2.75) is 0 Å². The van der Waals surface area contributed by atoms with Gasteiger partial charge in [0.05, 0.1) is 0 Å². The highest BCUT2D eigenvalue weighted by Gasteiger charge is 2.16. The van der Waals surface area contributed by atoms with E-state index in [1.165, 1.54) is 0 Å². The van der Waals surface area contributed by atoms with E-state index >= 15 is 0 Å². The molecule has 0 spiro atoms. The molecule has 1 saturated heterocycles. The summed E-state index contributed by atoms with van der Waals surface area (Å²) in [6, 6.07) is 3.57. The molecule has 1 aliphatic rings. The standard InChI is InChI=1S/C10H14N2O2.C2H2O4/c1-11-4-6-12(7-5-11)10-3-2-9(8-13)14-10;3-1(4)2(5)6/h2-3,8H,4-7H2,1H3;(H,3,4)(H,5,6). The van der Waals surface area contributed by atoms with E-state index in [9.17, 15) is 4.79 Å². The molecule has 0 saturated carbocycles. The van der Waals surface area contributed by atoms with Gasteiger partial charge in [-0.2, -0.15) is 0 Å². The van der Waals surface area contributed by atoms with Gasteiger partial charge in [-0.25, -0.2) is 9.59 Å². The van der Waals surface area contributed by atoms with Crippen molar-refractivity contribution < 1.29 is 29.0 Å². The zero-order valence-corrected chi connectivity index (χ0v) is 11.0. The third-order valence-electron chi connectivity index (χ3n) is 2.73. The van der Waals surface area contributed by atoms with E-state index in [1.807, 2.05) is 6.07 Å². The fourth-order valence-corrected chi connectivity index (χ4v) is 1.60. The van der Waals surface area contributed by atoms with E-state index in [0.29, 0.717) is 5.76 Å². The average Bonchev–Trinajstić information content (AvgIpc) is 2.89. The second kappa shape index (κ2) is 7.29. The predicted molar refractivity (Wildman–Crippen MR) is 69.1 cm³/mol. The Balaban J connectivity index is 0.000000286. The van der Waals surface area contributed by atoms with Crippen LogP contribution in [0.1, 0.15) is 10.6 Å². The number of likely N-dealkylation sites (N-methyl/N-ethyl adjacent to an activating group) is 1. The number of carboxylic acids is 2. The second-order valence-electron chi connectivity index (χ2n) is 4.19. The minimum absolute atomic E-state index is 0.402. The molecular weight excluding hydrogens is 268 g/mol. The summed E-state index contributed by atoms with van der Waals surface area (Å²) in [5.74, 6) is -2.44. The Bertz CT molecular complexity index is 464. The summed E-state index contributed by atoms with van der Waals surface area (Å²) < 4.78 is 5.35. The Labute approximate surface area is 115 Å². The number of carboxylic acid groups (broad SMARTS) is 2. The van der Waals surface area contributed by atoms with Crippen molar-refractivity contribution in [2.24, 2.45) is 0 Å². The molecule has 0 aromatic carbocycles. The van der Waals surface area contributed by atoms with Crippen molar-refractivity contribution in [1.82, 2.24) is 4.90 Å². The van der Waals surface area contributed by atoms with Crippen LogP contribution in [0.4, 0.5) is 5.88 Å². The SMILES string of the molecule is CN1CCN(c2ccc(C=O)o2)CC1.O=C(O)C(=O)O. The lowest BCUT2D eigenvalue weighted by atomic mass is 10.3. The summed E-state index contributed by atoms with van der Waals surface area (Å²) in [5.41, 5.74) is 0. The Kier molecular flexibility index (Phi) is 5.73. The van der Waals surface area contributed by atoms with E-state index in [0.717, 1.165) is 38.3 Å². The van der Waals surface area contributed by atoms with Gasteiger partial charge in [-0.1, -0.05) is 0 Å². The number of aliphatic carboxylic acids is 2. The molecular formula is C12H16N2O6. The van der Waals surface area contributed by atoms with Crippen molar-refractivity contribution in [1.29, 1.82) is 0 Å². The summed E-state index contributed by atoms with van der Waals surface area (Å²) >= 11 is 0. The Morgan fingerprint density at radius 2 is 1.70 bits per heavy atom. The molecule has 2 rings (SSSR count). The quantitative estimate of drug-likeness (QED) is 0.576. The van der Waals surface area contributed by atoms with Gasteiger partial charge in [0.2, 0.25) is 0 Å². The summed E-state index contributed by atoms with van der Waals surface area (Å²) in [7, 11) is 2.11. The van der Waals surface area contributed by atoms with Crippen LogP contribution in [-0.2, 0) is 9.59 Å². The molecule has 0 aliphatic carbocycles. The summed E-state index contributed by atoms with van der Waals surface area (Å²) in [6.45, 7) is 4.00. The number of carbonyl (C=O) groups excluding carboxylic acids is 1. The van der Waals surface area contributed by atoms with Crippen molar-refractivity contribution in [3.63, 3.8) is 0 Å². The minimum atomic E-state index is -1.82. The fourth-order valence-electron chi connectivity index (χ4n) is 1.60. The van der Waals surface area contributed by atoms with Gasteiger partial charge < -0.3 is 24.4 Å². The number of hydrogen-bond acceptors (Lipinski definition) is 6. The van der Waals surface area contributed by atoms with Crippen LogP contribution in [0.2, 0.25) is 0 Å². The maximum atomic E-state index is 10.4. The van der Waals surface area contributed by atoms with E-state index in [1.54, 1.807) is 6.07 Å². The first-order chi connectivity index (χ1) is 9.43. The van der Waals surface area contributed by atoms with Crippen LogP contribution in [0.15, 0.2) is 16.5 Å². The fraction of sp³-hybridized carbons (Fsp3) is 0.417. The lowest BCUT2D eigenvalue weighted by molar-refractivity contribution is -0.159. The zero-order chi connectivity index (χ0) is 15.1. The largest absolute Gasteiger partial charge is 0.473 e. The van der Waals surface area contributed by atoms with Gasteiger partial charge >= 0.3 is 11.9 Å². The third-order valence-corrected chi connectivity index (χ3v) is 2.73. The highest BCUT2D eigenvalue weighted by atomic mass is 16.4. The first-order valence-corrected chi connectivity index (χ1v) is 5.88. The number of aldehydes is 1. The molecule has 8 nitrogen and oxygen atoms in total. The van der Waals surface area contributed by atoms with Crippen molar-refractivity contribution in [3.05, 3.63) is 17.9 Å². The minimum Gasteiger partial charge on any atom is -0.473 e. The van der Waals surface area contributed by atoms with Crippen LogP contribution >= 0.6 is 0 Å². The average molecular weight is 284 g/mol. The molecule has 110 valence electrons. The number of furan rings is 1. The van der Waals surface area contributed by atoms with Crippen LogP contribution in [-0.4, -0.2) is 66.6 Å². The number of piperazine rings is 1. The van der Waals surface area contributed by atoms with Gasteiger partial charge in [-0.05, 0) is 13.1 Å². The van der Waals surface area contributed by atoms with Crippen LogP contribution in [0, 0.1) is 0 Å². The van der Waals surface area contributed by atoms with Gasteiger partial charge in [-0.15, -0.1) is 0 Å². The molecule has 20 heavy (non-hydrogen) atoms. The Hall–Kier alpha value is -2.35. The van der Waals surface area contributed by atoms with Gasteiger partial charge in [0.1, 0.15) is 0 Å². The summed E-state index contributed by atoms with van der Waals surface area (Å²) in [5, 5.41) is 14.8. The van der Waals surface area contributed by atoms with Crippen molar-refractivity contribution in [2.75, 3.05) is 38.1 Å². The van der Waals surface area contributed by atoms with Crippen molar-refractivity contribution >= 4 is 24.1 Å².